The Morgan fingerprint density at radius 1 is 0.885 bits per heavy atom. The average Bonchev–Trinajstić information content (AvgIpc) is 3.25. The zero-order chi connectivity index (χ0) is 16.8. The molecule has 2 atom stereocenters. The number of halogens is 1. The van der Waals surface area contributed by atoms with Crippen LogP contribution in [0.3, 0.4) is 0 Å². The van der Waals surface area contributed by atoms with E-state index in [0.29, 0.717) is 0 Å². The van der Waals surface area contributed by atoms with Gasteiger partial charge in [0.25, 0.3) is 0 Å². The number of benzene rings is 2. The van der Waals surface area contributed by atoms with Crippen molar-refractivity contribution in [3.63, 3.8) is 0 Å². The summed E-state index contributed by atoms with van der Waals surface area (Å²) in [6, 6.07) is 15.9. The summed E-state index contributed by atoms with van der Waals surface area (Å²) in [4.78, 5) is 5.15. The lowest BCUT2D eigenvalue weighted by molar-refractivity contribution is 0.161. The van der Waals surface area contributed by atoms with E-state index in [9.17, 15) is 0 Å². The second-order valence-corrected chi connectivity index (χ2v) is 8.29. The number of hydrogen-bond acceptors (Lipinski definition) is 2. The summed E-state index contributed by atoms with van der Waals surface area (Å²) < 4.78 is 0. The molecule has 0 amide bonds. The number of nitrogens with zero attached hydrogens (tertiary/aromatic N) is 2. The molecule has 2 fully saturated rings. The summed E-state index contributed by atoms with van der Waals surface area (Å²) in [5, 5.41) is 2.74. The molecular formula is C23H29ClN2. The zero-order valence-corrected chi connectivity index (χ0v) is 16.5. The Labute approximate surface area is 163 Å². The summed E-state index contributed by atoms with van der Waals surface area (Å²) in [5.74, 6) is 1.67. The van der Waals surface area contributed by atoms with Crippen molar-refractivity contribution < 1.29 is 0 Å². The van der Waals surface area contributed by atoms with Gasteiger partial charge in [-0.05, 0) is 71.7 Å². The van der Waals surface area contributed by atoms with E-state index in [1.807, 2.05) is 0 Å². The van der Waals surface area contributed by atoms with Crippen molar-refractivity contribution in [2.24, 2.45) is 11.8 Å². The summed E-state index contributed by atoms with van der Waals surface area (Å²) >= 11 is 0. The molecule has 1 saturated carbocycles. The summed E-state index contributed by atoms with van der Waals surface area (Å²) in [5.41, 5.74) is 4.98. The van der Waals surface area contributed by atoms with Gasteiger partial charge < -0.3 is 4.90 Å². The maximum absolute atomic E-state index is 2.69. The molecule has 2 unspecified atom stereocenters. The molecule has 5 rings (SSSR count). The van der Waals surface area contributed by atoms with Crippen molar-refractivity contribution in [3.05, 3.63) is 53.6 Å². The van der Waals surface area contributed by atoms with Gasteiger partial charge in [-0.25, -0.2) is 0 Å². The van der Waals surface area contributed by atoms with E-state index in [-0.39, 0.29) is 12.4 Å². The third-order valence-electron chi connectivity index (χ3n) is 6.73. The van der Waals surface area contributed by atoms with Crippen molar-refractivity contribution in [2.45, 2.75) is 19.3 Å². The van der Waals surface area contributed by atoms with Gasteiger partial charge in [0.2, 0.25) is 0 Å². The topological polar surface area (TPSA) is 6.48 Å². The Bertz CT molecular complexity index is 820. The van der Waals surface area contributed by atoms with Gasteiger partial charge in [0.05, 0.1) is 0 Å². The molecule has 2 nitrogen and oxygen atoms in total. The van der Waals surface area contributed by atoms with Crippen LogP contribution in [0.25, 0.3) is 16.3 Å². The maximum Gasteiger partial charge on any atom is 0.0202 e. The fourth-order valence-corrected chi connectivity index (χ4v) is 5.28. The average molecular weight is 369 g/mol. The molecule has 0 aromatic heterocycles. The van der Waals surface area contributed by atoms with Crippen LogP contribution in [0.1, 0.15) is 24.8 Å². The summed E-state index contributed by atoms with van der Waals surface area (Å²) in [7, 11) is 2.24. The molecule has 0 radical (unpaired) electrons. The molecule has 138 valence electrons. The monoisotopic (exact) mass is 368 g/mol. The fourth-order valence-electron chi connectivity index (χ4n) is 5.28. The van der Waals surface area contributed by atoms with Crippen LogP contribution in [-0.2, 0) is 0 Å². The number of rotatable bonds is 3. The minimum Gasteiger partial charge on any atom is -0.304 e. The molecule has 2 aromatic rings. The number of piperazine rings is 1. The van der Waals surface area contributed by atoms with E-state index in [4.69, 9.17) is 0 Å². The van der Waals surface area contributed by atoms with E-state index >= 15 is 0 Å². The number of hydrogen-bond donors (Lipinski definition) is 0. The molecule has 2 aromatic carbocycles. The SMILES string of the molecule is CN1CCN(CC2=C(c3ccc4ccccc4c3)C3CCC2C3)CC1.Cl. The Hall–Kier alpha value is -1.35. The predicted octanol–water partition coefficient (Wildman–Crippen LogP) is 4.69. The predicted molar refractivity (Wildman–Crippen MR) is 113 cm³/mol. The summed E-state index contributed by atoms with van der Waals surface area (Å²) in [6.45, 7) is 6.08. The Morgan fingerprint density at radius 2 is 1.62 bits per heavy atom. The van der Waals surface area contributed by atoms with Gasteiger partial charge in [-0.2, -0.15) is 0 Å². The molecule has 0 spiro atoms. The lowest BCUT2D eigenvalue weighted by Gasteiger charge is -2.34. The van der Waals surface area contributed by atoms with Gasteiger partial charge in [0.1, 0.15) is 0 Å². The van der Waals surface area contributed by atoms with E-state index < -0.39 is 0 Å². The van der Waals surface area contributed by atoms with Gasteiger partial charge in [0.15, 0.2) is 0 Å². The van der Waals surface area contributed by atoms with Crippen LogP contribution in [-0.4, -0.2) is 49.6 Å². The van der Waals surface area contributed by atoms with Crippen LogP contribution < -0.4 is 0 Å². The number of allylic oxidation sites excluding steroid dienone is 1. The van der Waals surface area contributed by atoms with Crippen LogP contribution in [0.5, 0.6) is 0 Å². The van der Waals surface area contributed by atoms with Gasteiger partial charge in [-0.3, -0.25) is 4.90 Å². The van der Waals surface area contributed by atoms with Gasteiger partial charge in [-0.15, -0.1) is 12.4 Å². The number of fused-ring (bicyclic) bond motifs is 3. The number of likely N-dealkylation sites (N-methyl/N-ethyl adjacent to an activating group) is 1. The van der Waals surface area contributed by atoms with Gasteiger partial charge in [0, 0.05) is 32.7 Å². The first kappa shape index (κ1) is 18.0. The lowest BCUT2D eigenvalue weighted by atomic mass is 9.86. The highest BCUT2D eigenvalue weighted by atomic mass is 35.5. The first-order valence-electron chi connectivity index (χ1n) is 9.91. The largest absolute Gasteiger partial charge is 0.304 e. The summed E-state index contributed by atoms with van der Waals surface area (Å²) in [6.07, 6.45) is 4.23. The third-order valence-corrected chi connectivity index (χ3v) is 6.73. The molecule has 26 heavy (non-hydrogen) atoms. The Morgan fingerprint density at radius 3 is 2.42 bits per heavy atom. The van der Waals surface area contributed by atoms with E-state index in [1.165, 1.54) is 68.3 Å². The molecule has 3 heteroatoms. The van der Waals surface area contributed by atoms with Crippen LogP contribution in [0.15, 0.2) is 48.0 Å². The fraction of sp³-hybridized carbons (Fsp3) is 0.478. The molecule has 1 aliphatic heterocycles. The molecular weight excluding hydrogens is 340 g/mol. The highest BCUT2D eigenvalue weighted by Crippen LogP contribution is 2.52. The molecule has 2 aliphatic carbocycles. The van der Waals surface area contributed by atoms with Crippen molar-refractivity contribution >= 4 is 28.8 Å². The minimum atomic E-state index is 0. The first-order chi connectivity index (χ1) is 12.3. The second kappa shape index (κ2) is 7.34. The Balaban J connectivity index is 0.00000168. The molecule has 3 aliphatic rings. The van der Waals surface area contributed by atoms with E-state index in [0.717, 1.165) is 11.8 Å². The minimum absolute atomic E-state index is 0. The van der Waals surface area contributed by atoms with Gasteiger partial charge in [-0.1, -0.05) is 36.4 Å². The van der Waals surface area contributed by atoms with Crippen molar-refractivity contribution in [1.82, 2.24) is 9.80 Å². The standard InChI is InChI=1S/C23H28N2.ClH/c1-24-10-12-25(13-11-24)16-22-19-7-9-21(15-19)23(22)20-8-6-17-4-2-3-5-18(17)14-20;/h2-6,8,14,19,21H,7,9-13,15-16H2,1H3;1H. The second-order valence-electron chi connectivity index (χ2n) is 8.29. The van der Waals surface area contributed by atoms with Gasteiger partial charge >= 0.3 is 0 Å². The van der Waals surface area contributed by atoms with Crippen molar-refractivity contribution in [1.29, 1.82) is 0 Å². The van der Waals surface area contributed by atoms with Crippen LogP contribution in [0.2, 0.25) is 0 Å². The Kier molecular flexibility index (Phi) is 5.09. The van der Waals surface area contributed by atoms with E-state index in [1.54, 1.807) is 11.1 Å². The quantitative estimate of drug-likeness (QED) is 0.775. The van der Waals surface area contributed by atoms with Crippen LogP contribution in [0, 0.1) is 11.8 Å². The normalized spacial score (nSPS) is 26.5. The first-order valence-corrected chi connectivity index (χ1v) is 9.91. The molecule has 1 saturated heterocycles. The lowest BCUT2D eigenvalue weighted by Crippen LogP contribution is -2.45. The smallest absolute Gasteiger partial charge is 0.0202 e. The highest BCUT2D eigenvalue weighted by Gasteiger charge is 2.39. The third kappa shape index (κ3) is 3.19. The molecule has 2 bridgehead atoms. The van der Waals surface area contributed by atoms with Crippen molar-refractivity contribution in [2.75, 3.05) is 39.8 Å². The molecule has 0 N–H and O–H groups in total. The van der Waals surface area contributed by atoms with Crippen molar-refractivity contribution in [3.8, 4) is 0 Å². The maximum atomic E-state index is 2.69. The van der Waals surface area contributed by atoms with E-state index in [2.05, 4.69) is 59.3 Å². The van der Waals surface area contributed by atoms with Crippen LogP contribution in [0.4, 0.5) is 0 Å². The van der Waals surface area contributed by atoms with Crippen LogP contribution >= 0.6 is 12.4 Å². The zero-order valence-electron chi connectivity index (χ0n) is 15.7. The highest BCUT2D eigenvalue weighted by molar-refractivity contribution is 5.87. The molecule has 1 heterocycles.